The van der Waals surface area contributed by atoms with Crippen LogP contribution in [0.15, 0.2) is 42.5 Å². The summed E-state index contributed by atoms with van der Waals surface area (Å²) in [4.78, 5) is 16.7. The van der Waals surface area contributed by atoms with Gasteiger partial charge in [0.1, 0.15) is 11.6 Å². The molecule has 0 unspecified atom stereocenters. The number of fused-ring (bicyclic) bond motifs is 1. The number of rotatable bonds is 2. The molecular weight excluding hydrogens is 348 g/mol. The van der Waals surface area contributed by atoms with E-state index in [-0.39, 0.29) is 40.7 Å². The van der Waals surface area contributed by atoms with Crippen molar-refractivity contribution in [3.8, 4) is 6.07 Å². The molecule has 0 spiro atoms. The molecule has 138 valence electrons. The number of carbonyl (C=O) groups excluding carboxylic acids is 1. The minimum atomic E-state index is -0.671. The highest BCUT2D eigenvalue weighted by Crippen LogP contribution is 2.44. The van der Waals surface area contributed by atoms with E-state index in [4.69, 9.17) is 5.26 Å². The van der Waals surface area contributed by atoms with E-state index in [2.05, 4.69) is 4.90 Å². The molecule has 3 atom stereocenters. The number of hydrogen-bond donors (Lipinski definition) is 0. The van der Waals surface area contributed by atoms with Crippen LogP contribution < -0.4 is 0 Å². The van der Waals surface area contributed by atoms with Crippen LogP contribution in [0.5, 0.6) is 0 Å². The van der Waals surface area contributed by atoms with Crippen LogP contribution in [0.25, 0.3) is 0 Å². The van der Waals surface area contributed by atoms with Gasteiger partial charge in [-0.25, -0.2) is 8.78 Å². The molecule has 2 aromatic carbocycles. The molecule has 2 aliphatic rings. The average molecular weight is 367 g/mol. The van der Waals surface area contributed by atoms with Crippen molar-refractivity contribution in [2.24, 2.45) is 11.8 Å². The molecule has 2 heterocycles. The summed E-state index contributed by atoms with van der Waals surface area (Å²) in [5, 5.41) is 8.85. The first-order valence-electron chi connectivity index (χ1n) is 8.92. The maximum absolute atomic E-state index is 14.2. The van der Waals surface area contributed by atoms with Crippen LogP contribution in [0.3, 0.4) is 0 Å². The van der Waals surface area contributed by atoms with Crippen LogP contribution in [0, 0.1) is 34.8 Å². The molecule has 2 aromatic rings. The van der Waals surface area contributed by atoms with Crippen LogP contribution in [-0.4, -0.2) is 42.4 Å². The van der Waals surface area contributed by atoms with Crippen LogP contribution in [0.4, 0.5) is 8.78 Å². The molecule has 6 heteroatoms. The number of likely N-dealkylation sites (tertiary alicyclic amines) is 2. The van der Waals surface area contributed by atoms with Crippen LogP contribution in [0.1, 0.15) is 27.5 Å². The molecule has 2 aliphatic heterocycles. The summed E-state index contributed by atoms with van der Waals surface area (Å²) in [6.45, 7) is 1.87. The number of nitrogens with zero attached hydrogens (tertiary/aromatic N) is 3. The maximum atomic E-state index is 14.2. The summed E-state index contributed by atoms with van der Waals surface area (Å²) in [7, 11) is 2.01. The first kappa shape index (κ1) is 17.6. The normalized spacial score (nSPS) is 24.7. The number of hydrogen-bond acceptors (Lipinski definition) is 3. The van der Waals surface area contributed by atoms with E-state index >= 15 is 0 Å². The molecule has 2 fully saturated rings. The second-order valence-electron chi connectivity index (χ2n) is 7.38. The van der Waals surface area contributed by atoms with Gasteiger partial charge in [-0.1, -0.05) is 12.1 Å². The molecule has 27 heavy (non-hydrogen) atoms. The number of amides is 1. The van der Waals surface area contributed by atoms with E-state index in [0.717, 1.165) is 18.2 Å². The molecular formula is C21H19F2N3O. The number of carbonyl (C=O) groups is 1. The largest absolute Gasteiger partial charge is 0.338 e. The van der Waals surface area contributed by atoms with Crippen molar-refractivity contribution in [2.45, 2.75) is 6.04 Å². The van der Waals surface area contributed by atoms with Gasteiger partial charge < -0.3 is 4.90 Å². The van der Waals surface area contributed by atoms with Crippen LogP contribution in [-0.2, 0) is 0 Å². The van der Waals surface area contributed by atoms with Crippen molar-refractivity contribution in [3.63, 3.8) is 0 Å². The second-order valence-corrected chi connectivity index (χ2v) is 7.38. The topological polar surface area (TPSA) is 47.3 Å². The predicted octanol–water partition coefficient (Wildman–Crippen LogP) is 3.21. The van der Waals surface area contributed by atoms with E-state index < -0.39 is 5.82 Å². The lowest BCUT2D eigenvalue weighted by Crippen LogP contribution is -2.33. The minimum absolute atomic E-state index is 0.00960. The fourth-order valence-electron chi connectivity index (χ4n) is 4.54. The summed E-state index contributed by atoms with van der Waals surface area (Å²) in [5.41, 5.74) is 1.09. The lowest BCUT2D eigenvalue weighted by atomic mass is 9.89. The van der Waals surface area contributed by atoms with Gasteiger partial charge in [-0.3, -0.25) is 9.69 Å². The minimum Gasteiger partial charge on any atom is -0.338 e. The third kappa shape index (κ3) is 3.08. The quantitative estimate of drug-likeness (QED) is 0.819. The highest BCUT2D eigenvalue weighted by Gasteiger charge is 2.47. The van der Waals surface area contributed by atoms with Gasteiger partial charge in [-0.15, -0.1) is 0 Å². The highest BCUT2D eigenvalue weighted by atomic mass is 19.1. The van der Waals surface area contributed by atoms with Gasteiger partial charge in [0.25, 0.3) is 5.91 Å². The van der Waals surface area contributed by atoms with E-state index in [1.54, 1.807) is 17.0 Å². The van der Waals surface area contributed by atoms with Gasteiger partial charge in [0.2, 0.25) is 0 Å². The Labute approximate surface area is 156 Å². The lowest BCUT2D eigenvalue weighted by Gasteiger charge is -2.27. The van der Waals surface area contributed by atoms with Crippen molar-refractivity contribution < 1.29 is 13.6 Å². The maximum Gasteiger partial charge on any atom is 0.256 e. The Kier molecular flexibility index (Phi) is 4.40. The number of nitriles is 1. The molecule has 0 bridgehead atoms. The fraction of sp³-hybridized carbons (Fsp3) is 0.333. The zero-order valence-electron chi connectivity index (χ0n) is 14.9. The van der Waals surface area contributed by atoms with E-state index in [1.165, 1.54) is 18.2 Å². The molecule has 2 saturated heterocycles. The highest BCUT2D eigenvalue weighted by molar-refractivity contribution is 5.94. The zero-order chi connectivity index (χ0) is 19.1. The summed E-state index contributed by atoms with van der Waals surface area (Å²) in [6, 6.07) is 12.4. The summed E-state index contributed by atoms with van der Waals surface area (Å²) in [6.07, 6.45) is 0. The summed E-state index contributed by atoms with van der Waals surface area (Å²) < 4.78 is 27.9. The van der Waals surface area contributed by atoms with E-state index in [9.17, 15) is 13.6 Å². The van der Waals surface area contributed by atoms with Crippen LogP contribution in [0.2, 0.25) is 0 Å². The Balaban J connectivity index is 1.56. The number of benzene rings is 2. The SMILES string of the molecule is CN1C[C@H]2CN(C(=O)c3ccc(C#N)cc3F)C[C@H]2[C@@H]1c1cccc(F)c1. The van der Waals surface area contributed by atoms with Gasteiger partial charge >= 0.3 is 0 Å². The Morgan fingerprint density at radius 3 is 2.67 bits per heavy atom. The first-order chi connectivity index (χ1) is 13.0. The Morgan fingerprint density at radius 1 is 1.15 bits per heavy atom. The van der Waals surface area contributed by atoms with Gasteiger partial charge in [0.15, 0.2) is 0 Å². The molecule has 0 N–H and O–H groups in total. The fourth-order valence-corrected chi connectivity index (χ4v) is 4.54. The second kappa shape index (κ2) is 6.75. The number of halogens is 2. The molecule has 0 aromatic heterocycles. The van der Waals surface area contributed by atoms with Crippen LogP contribution >= 0.6 is 0 Å². The molecule has 1 amide bonds. The van der Waals surface area contributed by atoms with Crippen molar-refractivity contribution in [1.82, 2.24) is 9.80 Å². The van der Waals surface area contributed by atoms with Crippen molar-refractivity contribution in [2.75, 3.05) is 26.7 Å². The Morgan fingerprint density at radius 2 is 1.96 bits per heavy atom. The Bertz CT molecular complexity index is 939. The lowest BCUT2D eigenvalue weighted by molar-refractivity contribution is 0.0763. The average Bonchev–Trinajstić information content (AvgIpc) is 3.17. The first-order valence-corrected chi connectivity index (χ1v) is 8.92. The molecule has 0 aliphatic carbocycles. The van der Waals surface area contributed by atoms with Gasteiger partial charge in [-0.05, 0) is 48.9 Å². The smallest absolute Gasteiger partial charge is 0.256 e. The van der Waals surface area contributed by atoms with Gasteiger partial charge in [-0.2, -0.15) is 5.26 Å². The van der Waals surface area contributed by atoms with Gasteiger partial charge in [0, 0.05) is 31.6 Å². The molecule has 4 nitrogen and oxygen atoms in total. The summed E-state index contributed by atoms with van der Waals surface area (Å²) >= 11 is 0. The van der Waals surface area contributed by atoms with Gasteiger partial charge in [0.05, 0.1) is 17.2 Å². The van der Waals surface area contributed by atoms with E-state index in [1.807, 2.05) is 19.2 Å². The third-order valence-electron chi connectivity index (χ3n) is 5.70. The molecule has 0 radical (unpaired) electrons. The predicted molar refractivity (Wildman–Crippen MR) is 95.8 cm³/mol. The van der Waals surface area contributed by atoms with Crippen molar-refractivity contribution >= 4 is 5.91 Å². The molecule has 0 saturated carbocycles. The monoisotopic (exact) mass is 367 g/mol. The zero-order valence-corrected chi connectivity index (χ0v) is 14.9. The molecule has 4 rings (SSSR count). The van der Waals surface area contributed by atoms with Crippen molar-refractivity contribution in [3.05, 3.63) is 70.8 Å². The van der Waals surface area contributed by atoms with E-state index in [0.29, 0.717) is 13.1 Å². The Hall–Kier alpha value is -2.78. The third-order valence-corrected chi connectivity index (χ3v) is 5.70. The standard InChI is InChI=1S/C21H19F2N3O/c1-25-10-15-11-26(21(27)17-6-5-13(9-24)7-19(17)23)12-18(15)20(25)14-3-2-4-16(22)8-14/h2-8,15,18,20H,10-12H2,1H3/t15-,18+,20-/m0/s1. The summed E-state index contributed by atoms with van der Waals surface area (Å²) in [5.74, 6) is -0.840. The van der Waals surface area contributed by atoms with Crippen molar-refractivity contribution in [1.29, 1.82) is 5.26 Å².